The van der Waals surface area contributed by atoms with Gasteiger partial charge in [-0.1, -0.05) is 91.0 Å². The molecule has 2 fully saturated rings. The van der Waals surface area contributed by atoms with Crippen molar-refractivity contribution in [3.8, 4) is 11.1 Å². The van der Waals surface area contributed by atoms with E-state index in [0.29, 0.717) is 39.1 Å². The normalized spacial score (nSPS) is 19.1. The molecular weight excluding hydrogens is 508 g/mol. The standard InChI is InChI=1S/C35H38N4O2/c36-20-7-6-12-33-34(40)37(24-27-15-18-29-10-4-5-11-31(29)22-27)21-19-32-25-38(35(41)39(32)33)23-26-13-16-30(17-14-26)28-8-2-1-3-9-28/h1-5,8-11,13-18,22,32-33H,6-7,12,19-21,23-25,36H2/t32-,33?/m1/s1. The first-order chi connectivity index (χ1) is 20.1. The number of benzene rings is 4. The summed E-state index contributed by atoms with van der Waals surface area (Å²) >= 11 is 0. The van der Waals surface area contributed by atoms with Crippen LogP contribution in [0.2, 0.25) is 0 Å². The molecule has 1 unspecified atom stereocenters. The van der Waals surface area contributed by atoms with Crippen LogP contribution in [0.15, 0.2) is 97.1 Å². The van der Waals surface area contributed by atoms with Crippen molar-refractivity contribution >= 4 is 22.7 Å². The van der Waals surface area contributed by atoms with E-state index >= 15 is 0 Å². The highest BCUT2D eigenvalue weighted by atomic mass is 16.2. The molecule has 0 spiro atoms. The maximum Gasteiger partial charge on any atom is 0.321 e. The van der Waals surface area contributed by atoms with Crippen molar-refractivity contribution in [2.75, 3.05) is 19.6 Å². The predicted molar refractivity (Wildman–Crippen MR) is 164 cm³/mol. The third-order valence-electron chi connectivity index (χ3n) is 8.53. The molecule has 2 heterocycles. The summed E-state index contributed by atoms with van der Waals surface area (Å²) in [6.45, 7) is 2.98. The second-order valence-electron chi connectivity index (χ2n) is 11.3. The molecule has 2 N–H and O–H groups in total. The van der Waals surface area contributed by atoms with Crippen LogP contribution in [0.1, 0.15) is 36.8 Å². The Morgan fingerprint density at radius 3 is 2.17 bits per heavy atom. The molecule has 6 nitrogen and oxygen atoms in total. The van der Waals surface area contributed by atoms with Crippen molar-refractivity contribution in [2.45, 2.75) is 50.9 Å². The summed E-state index contributed by atoms with van der Waals surface area (Å²) in [4.78, 5) is 33.6. The van der Waals surface area contributed by atoms with E-state index in [-0.39, 0.29) is 18.0 Å². The van der Waals surface area contributed by atoms with Crippen LogP contribution in [0, 0.1) is 0 Å². The summed E-state index contributed by atoms with van der Waals surface area (Å²) in [6.07, 6.45) is 3.10. The van der Waals surface area contributed by atoms with Gasteiger partial charge in [0.05, 0.1) is 6.04 Å². The zero-order valence-corrected chi connectivity index (χ0v) is 23.5. The van der Waals surface area contributed by atoms with Gasteiger partial charge in [-0.3, -0.25) is 4.79 Å². The topological polar surface area (TPSA) is 69.9 Å². The Hall–Kier alpha value is -4.16. The molecule has 0 aliphatic carbocycles. The lowest BCUT2D eigenvalue weighted by Gasteiger charge is -2.31. The molecule has 2 saturated heterocycles. The summed E-state index contributed by atoms with van der Waals surface area (Å²) in [5.74, 6) is 0.0556. The number of amides is 3. The molecule has 4 aromatic carbocycles. The van der Waals surface area contributed by atoms with Crippen molar-refractivity contribution in [1.29, 1.82) is 0 Å². The van der Waals surface area contributed by atoms with Crippen LogP contribution < -0.4 is 5.73 Å². The van der Waals surface area contributed by atoms with Crippen LogP contribution in [0.3, 0.4) is 0 Å². The number of nitrogens with two attached hydrogens (primary N) is 1. The number of rotatable bonds is 9. The molecule has 0 aromatic heterocycles. The number of carbonyl (C=O) groups is 2. The van der Waals surface area contributed by atoms with Gasteiger partial charge in [0.15, 0.2) is 0 Å². The number of nitrogens with zero attached hydrogens (tertiary/aromatic N) is 3. The minimum absolute atomic E-state index is 0.0270. The maximum atomic E-state index is 14.0. The fourth-order valence-electron chi connectivity index (χ4n) is 6.35. The van der Waals surface area contributed by atoms with Crippen molar-refractivity contribution in [3.05, 3.63) is 108 Å². The predicted octanol–water partition coefficient (Wildman–Crippen LogP) is 6.04. The minimum atomic E-state index is -0.451. The first kappa shape index (κ1) is 27.0. The van der Waals surface area contributed by atoms with Gasteiger partial charge in [-0.05, 0) is 71.3 Å². The maximum absolute atomic E-state index is 14.0. The smallest absolute Gasteiger partial charge is 0.321 e. The first-order valence-corrected chi connectivity index (χ1v) is 14.8. The first-order valence-electron chi connectivity index (χ1n) is 14.8. The molecular formula is C35H38N4O2. The molecule has 4 aromatic rings. The van der Waals surface area contributed by atoms with E-state index in [0.717, 1.165) is 36.0 Å². The van der Waals surface area contributed by atoms with Crippen LogP contribution in [0.25, 0.3) is 21.9 Å². The van der Waals surface area contributed by atoms with Gasteiger partial charge in [0.25, 0.3) is 0 Å². The van der Waals surface area contributed by atoms with Gasteiger partial charge < -0.3 is 20.4 Å². The molecule has 3 amide bonds. The number of unbranched alkanes of at least 4 members (excludes halogenated alkanes) is 1. The number of urea groups is 1. The number of carbonyl (C=O) groups excluding carboxylic acids is 2. The zero-order chi connectivity index (χ0) is 28.2. The van der Waals surface area contributed by atoms with Crippen molar-refractivity contribution in [3.63, 3.8) is 0 Å². The Morgan fingerprint density at radius 2 is 1.39 bits per heavy atom. The number of fused-ring (bicyclic) bond motifs is 2. The third kappa shape index (κ3) is 5.84. The molecule has 6 rings (SSSR count). The second-order valence-corrected chi connectivity index (χ2v) is 11.3. The summed E-state index contributed by atoms with van der Waals surface area (Å²) in [5.41, 5.74) is 10.3. The highest BCUT2D eigenvalue weighted by Crippen LogP contribution is 2.31. The Labute approximate surface area is 242 Å². The van der Waals surface area contributed by atoms with Crippen molar-refractivity contribution in [2.24, 2.45) is 5.73 Å². The molecule has 41 heavy (non-hydrogen) atoms. The fourth-order valence-corrected chi connectivity index (χ4v) is 6.35. The Balaban J connectivity index is 1.18. The SMILES string of the molecule is NCCCCC1C(=O)N(Cc2ccc3ccccc3c2)CC[C@@H]2CN(Cc3ccc(-c4ccccc4)cc3)C(=O)N12. The van der Waals surface area contributed by atoms with Gasteiger partial charge in [-0.15, -0.1) is 0 Å². The Kier molecular flexibility index (Phi) is 8.01. The van der Waals surface area contributed by atoms with E-state index in [1.807, 2.05) is 45.0 Å². The van der Waals surface area contributed by atoms with Gasteiger partial charge in [0, 0.05) is 26.2 Å². The van der Waals surface area contributed by atoms with Gasteiger partial charge in [-0.25, -0.2) is 4.79 Å². The molecule has 6 heteroatoms. The lowest BCUT2D eigenvalue weighted by atomic mass is 10.0. The highest BCUT2D eigenvalue weighted by Gasteiger charge is 2.46. The van der Waals surface area contributed by atoms with E-state index in [1.165, 1.54) is 16.3 Å². The molecule has 0 radical (unpaired) electrons. The van der Waals surface area contributed by atoms with Gasteiger partial charge in [0.1, 0.15) is 6.04 Å². The van der Waals surface area contributed by atoms with Crippen LogP contribution in [-0.4, -0.2) is 58.4 Å². The average molecular weight is 547 g/mol. The third-order valence-corrected chi connectivity index (χ3v) is 8.53. The lowest BCUT2D eigenvalue weighted by Crippen LogP contribution is -2.49. The van der Waals surface area contributed by atoms with Crippen molar-refractivity contribution in [1.82, 2.24) is 14.7 Å². The van der Waals surface area contributed by atoms with Crippen LogP contribution >= 0.6 is 0 Å². The molecule has 2 aliphatic heterocycles. The van der Waals surface area contributed by atoms with Crippen LogP contribution in [-0.2, 0) is 17.9 Å². The minimum Gasteiger partial charge on any atom is -0.337 e. The van der Waals surface area contributed by atoms with Gasteiger partial charge in [-0.2, -0.15) is 0 Å². The van der Waals surface area contributed by atoms with E-state index in [1.54, 1.807) is 0 Å². The average Bonchev–Trinajstić information content (AvgIpc) is 3.25. The van der Waals surface area contributed by atoms with Gasteiger partial charge in [0.2, 0.25) is 5.91 Å². The molecule has 0 saturated carbocycles. The highest BCUT2D eigenvalue weighted by molar-refractivity contribution is 5.89. The monoisotopic (exact) mass is 546 g/mol. The zero-order valence-electron chi connectivity index (χ0n) is 23.5. The molecule has 2 aliphatic rings. The summed E-state index contributed by atoms with van der Waals surface area (Å²) < 4.78 is 0. The quantitative estimate of drug-likeness (QED) is 0.260. The summed E-state index contributed by atoms with van der Waals surface area (Å²) in [6, 6.07) is 33.0. The number of hydrogen-bond acceptors (Lipinski definition) is 3. The van der Waals surface area contributed by atoms with Crippen LogP contribution in [0.5, 0.6) is 0 Å². The molecule has 210 valence electrons. The fraction of sp³-hybridized carbons (Fsp3) is 0.314. The van der Waals surface area contributed by atoms with Gasteiger partial charge >= 0.3 is 6.03 Å². The summed E-state index contributed by atoms with van der Waals surface area (Å²) in [7, 11) is 0. The van der Waals surface area contributed by atoms with E-state index in [9.17, 15) is 9.59 Å². The molecule has 0 bridgehead atoms. The van der Waals surface area contributed by atoms with E-state index < -0.39 is 6.04 Å². The molecule has 2 atom stereocenters. The Morgan fingerprint density at radius 1 is 0.707 bits per heavy atom. The summed E-state index contributed by atoms with van der Waals surface area (Å²) in [5, 5.41) is 2.37. The van der Waals surface area contributed by atoms with E-state index in [4.69, 9.17) is 5.73 Å². The van der Waals surface area contributed by atoms with E-state index in [2.05, 4.69) is 66.7 Å². The lowest BCUT2D eigenvalue weighted by molar-refractivity contribution is -0.135. The second kappa shape index (κ2) is 12.1. The van der Waals surface area contributed by atoms with Crippen LogP contribution in [0.4, 0.5) is 4.79 Å². The number of hydrogen-bond donors (Lipinski definition) is 1. The Bertz CT molecular complexity index is 1500. The largest absolute Gasteiger partial charge is 0.337 e. The van der Waals surface area contributed by atoms with Crippen molar-refractivity contribution < 1.29 is 9.59 Å².